The van der Waals surface area contributed by atoms with Gasteiger partial charge in [0.15, 0.2) is 0 Å². The fraction of sp³-hybridized carbons (Fsp3) is 1.00. The van der Waals surface area contributed by atoms with Crippen molar-refractivity contribution in [3.63, 3.8) is 0 Å². The van der Waals surface area contributed by atoms with E-state index in [0.29, 0.717) is 16.7 Å². The molecule has 0 heterocycles. The van der Waals surface area contributed by atoms with Crippen molar-refractivity contribution < 1.29 is 5.11 Å². The van der Waals surface area contributed by atoms with Crippen LogP contribution in [0.4, 0.5) is 0 Å². The maximum atomic E-state index is 11.1. The van der Waals surface area contributed by atoms with Crippen molar-refractivity contribution in [1.82, 2.24) is 0 Å². The summed E-state index contributed by atoms with van der Waals surface area (Å²) in [5, 5.41) is 11.1. The zero-order valence-corrected chi connectivity index (χ0v) is 15.0. The molecule has 0 aromatic rings. The highest BCUT2D eigenvalue weighted by atomic mass is 16.3. The standard InChI is InChI=1S/C21H36O/c1-4-14-8-9-16-19-17(10-12-21(14,16)3)20(2)11-6-5-7-15(20)13-18(19)22/h14-19,22H,4-13H2,1-3H3/t14-,15?,16-,17-,18?,19-,20-,21+/m0/s1. The van der Waals surface area contributed by atoms with Crippen LogP contribution < -0.4 is 0 Å². The SMILES string of the molecule is CC[C@H]1CC[C@H]2[C@@H]3C(O)CC4CCCC[C@]4(C)[C@H]3CC[C@]12C. The van der Waals surface area contributed by atoms with Crippen molar-refractivity contribution >= 4 is 0 Å². The Kier molecular flexibility index (Phi) is 3.68. The Hall–Kier alpha value is -0.0400. The molecule has 0 saturated heterocycles. The first-order valence-electron chi connectivity index (χ1n) is 10.2. The van der Waals surface area contributed by atoms with Crippen molar-refractivity contribution in [2.24, 2.45) is 40.4 Å². The lowest BCUT2D eigenvalue weighted by Crippen LogP contribution is -2.57. The van der Waals surface area contributed by atoms with Crippen molar-refractivity contribution in [1.29, 1.82) is 0 Å². The van der Waals surface area contributed by atoms with Gasteiger partial charge in [0.2, 0.25) is 0 Å². The normalized spacial score (nSPS) is 57.8. The molecule has 126 valence electrons. The second kappa shape index (κ2) is 5.23. The van der Waals surface area contributed by atoms with Crippen LogP contribution in [-0.2, 0) is 0 Å². The lowest BCUT2D eigenvalue weighted by Gasteiger charge is -2.62. The number of hydrogen-bond acceptors (Lipinski definition) is 1. The first-order valence-corrected chi connectivity index (χ1v) is 10.2. The van der Waals surface area contributed by atoms with Crippen molar-refractivity contribution in [3.8, 4) is 0 Å². The number of fused-ring (bicyclic) bond motifs is 5. The minimum atomic E-state index is 0.00130. The summed E-state index contributed by atoms with van der Waals surface area (Å²) in [4.78, 5) is 0. The minimum absolute atomic E-state index is 0.00130. The van der Waals surface area contributed by atoms with Crippen molar-refractivity contribution in [2.45, 2.75) is 91.1 Å². The third-order valence-electron chi connectivity index (χ3n) is 9.29. The molecule has 22 heavy (non-hydrogen) atoms. The third kappa shape index (κ3) is 1.93. The van der Waals surface area contributed by atoms with E-state index < -0.39 is 0 Å². The van der Waals surface area contributed by atoms with Crippen LogP contribution in [0.3, 0.4) is 0 Å². The summed E-state index contributed by atoms with van der Waals surface area (Å²) in [5.74, 6) is 3.98. The minimum Gasteiger partial charge on any atom is -0.393 e. The van der Waals surface area contributed by atoms with Crippen LogP contribution in [0.2, 0.25) is 0 Å². The number of hydrogen-bond donors (Lipinski definition) is 1. The molecule has 1 N–H and O–H groups in total. The molecular weight excluding hydrogens is 268 g/mol. The van der Waals surface area contributed by atoms with Gasteiger partial charge in [-0.05, 0) is 85.4 Å². The van der Waals surface area contributed by atoms with E-state index in [1.54, 1.807) is 0 Å². The fourth-order valence-corrected chi connectivity index (χ4v) is 8.03. The van der Waals surface area contributed by atoms with E-state index >= 15 is 0 Å². The Morgan fingerprint density at radius 1 is 0.909 bits per heavy atom. The lowest BCUT2D eigenvalue weighted by atomic mass is 9.44. The van der Waals surface area contributed by atoms with Gasteiger partial charge in [-0.2, -0.15) is 0 Å². The first-order chi connectivity index (χ1) is 10.5. The molecule has 4 aliphatic rings. The molecule has 2 unspecified atom stereocenters. The molecule has 0 bridgehead atoms. The highest BCUT2D eigenvalue weighted by Gasteiger charge is 2.61. The average Bonchev–Trinajstić information content (AvgIpc) is 2.84. The number of aliphatic hydroxyl groups excluding tert-OH is 1. The van der Waals surface area contributed by atoms with Crippen LogP contribution in [0.5, 0.6) is 0 Å². The van der Waals surface area contributed by atoms with E-state index in [9.17, 15) is 5.11 Å². The second-order valence-corrected chi connectivity index (χ2v) is 9.77. The van der Waals surface area contributed by atoms with E-state index in [1.807, 2.05) is 0 Å². The topological polar surface area (TPSA) is 20.2 Å². The number of aliphatic hydroxyl groups is 1. The summed E-state index contributed by atoms with van der Waals surface area (Å²) in [6, 6.07) is 0. The Morgan fingerprint density at radius 2 is 1.68 bits per heavy atom. The van der Waals surface area contributed by atoms with Gasteiger partial charge < -0.3 is 5.11 Å². The van der Waals surface area contributed by atoms with E-state index in [-0.39, 0.29) is 6.10 Å². The fourth-order valence-electron chi connectivity index (χ4n) is 8.03. The van der Waals surface area contributed by atoms with Gasteiger partial charge >= 0.3 is 0 Å². The first kappa shape index (κ1) is 15.5. The Morgan fingerprint density at radius 3 is 2.45 bits per heavy atom. The van der Waals surface area contributed by atoms with Crippen LogP contribution in [0.15, 0.2) is 0 Å². The van der Waals surface area contributed by atoms with Crippen molar-refractivity contribution in [3.05, 3.63) is 0 Å². The van der Waals surface area contributed by atoms with E-state index in [1.165, 1.54) is 57.8 Å². The number of rotatable bonds is 1. The maximum Gasteiger partial charge on any atom is 0.0577 e. The van der Waals surface area contributed by atoms with Gasteiger partial charge in [0.05, 0.1) is 6.10 Å². The zero-order chi connectivity index (χ0) is 15.5. The zero-order valence-electron chi connectivity index (χ0n) is 15.0. The Balaban J connectivity index is 1.67. The van der Waals surface area contributed by atoms with Gasteiger partial charge in [0, 0.05) is 0 Å². The second-order valence-electron chi connectivity index (χ2n) is 9.77. The molecule has 1 heteroatoms. The summed E-state index contributed by atoms with van der Waals surface area (Å²) in [7, 11) is 0. The molecule has 0 aromatic carbocycles. The van der Waals surface area contributed by atoms with Gasteiger partial charge in [-0.1, -0.05) is 40.0 Å². The van der Waals surface area contributed by atoms with Gasteiger partial charge in [0.1, 0.15) is 0 Å². The van der Waals surface area contributed by atoms with E-state index in [4.69, 9.17) is 0 Å². The highest BCUT2D eigenvalue weighted by molar-refractivity contribution is 5.10. The van der Waals surface area contributed by atoms with Crippen LogP contribution in [0.25, 0.3) is 0 Å². The summed E-state index contributed by atoms with van der Waals surface area (Å²) in [6.07, 6.45) is 13.8. The summed E-state index contributed by atoms with van der Waals surface area (Å²) in [5.41, 5.74) is 1.09. The van der Waals surface area contributed by atoms with Crippen LogP contribution in [0.1, 0.15) is 85.0 Å². The van der Waals surface area contributed by atoms with Crippen LogP contribution in [0, 0.1) is 40.4 Å². The molecule has 4 saturated carbocycles. The predicted molar refractivity (Wildman–Crippen MR) is 91.5 cm³/mol. The molecule has 1 nitrogen and oxygen atoms in total. The molecule has 0 aliphatic heterocycles. The van der Waals surface area contributed by atoms with Gasteiger partial charge in [-0.15, -0.1) is 0 Å². The quantitative estimate of drug-likeness (QED) is 0.686. The molecule has 4 fully saturated rings. The summed E-state index contributed by atoms with van der Waals surface area (Å²) in [6.45, 7) is 7.58. The molecule has 0 spiro atoms. The van der Waals surface area contributed by atoms with Crippen molar-refractivity contribution in [2.75, 3.05) is 0 Å². The largest absolute Gasteiger partial charge is 0.393 e. The Bertz CT molecular complexity index is 432. The summed E-state index contributed by atoms with van der Waals surface area (Å²) < 4.78 is 0. The molecule has 0 aromatic heterocycles. The molecule has 0 amide bonds. The predicted octanol–water partition coefficient (Wildman–Crippen LogP) is 5.42. The average molecular weight is 305 g/mol. The maximum absolute atomic E-state index is 11.1. The molecule has 8 atom stereocenters. The smallest absolute Gasteiger partial charge is 0.0577 e. The van der Waals surface area contributed by atoms with E-state index in [2.05, 4.69) is 20.8 Å². The molecule has 4 aliphatic carbocycles. The van der Waals surface area contributed by atoms with Gasteiger partial charge in [-0.25, -0.2) is 0 Å². The van der Waals surface area contributed by atoms with E-state index in [0.717, 1.165) is 30.1 Å². The highest BCUT2D eigenvalue weighted by Crippen LogP contribution is 2.67. The molecule has 0 radical (unpaired) electrons. The molecular formula is C21H36O. The van der Waals surface area contributed by atoms with Crippen LogP contribution >= 0.6 is 0 Å². The van der Waals surface area contributed by atoms with Gasteiger partial charge in [-0.3, -0.25) is 0 Å². The van der Waals surface area contributed by atoms with Crippen LogP contribution in [-0.4, -0.2) is 11.2 Å². The lowest BCUT2D eigenvalue weighted by molar-refractivity contribution is -0.162. The molecule has 4 rings (SSSR count). The third-order valence-corrected chi connectivity index (χ3v) is 9.29. The summed E-state index contributed by atoms with van der Waals surface area (Å²) >= 11 is 0. The van der Waals surface area contributed by atoms with Gasteiger partial charge in [0.25, 0.3) is 0 Å². The monoisotopic (exact) mass is 304 g/mol. The Labute approximate surface area is 137 Å².